The second-order valence-electron chi connectivity index (χ2n) is 8.78. The Morgan fingerprint density at radius 2 is 1.79 bits per heavy atom. The zero-order chi connectivity index (χ0) is 27.5. The predicted octanol–water partition coefficient (Wildman–Crippen LogP) is 5.68. The summed E-state index contributed by atoms with van der Waals surface area (Å²) in [6.45, 7) is 4.00. The van der Waals surface area contributed by atoms with Crippen LogP contribution < -0.4 is 19.6 Å². The SMILES string of the molecule is CCOC(=O)C1=C(C)N=c2s/c(=C\c3cccc(OCc4ccccc4Cl)c3)c(=O)n2C1c1ccccc1Cl. The molecule has 198 valence electrons. The van der Waals surface area contributed by atoms with Gasteiger partial charge in [0, 0.05) is 15.6 Å². The highest BCUT2D eigenvalue weighted by Crippen LogP contribution is 2.34. The third-order valence-corrected chi connectivity index (χ3v) is 7.92. The first-order valence-electron chi connectivity index (χ1n) is 12.3. The minimum absolute atomic E-state index is 0.199. The fourth-order valence-electron chi connectivity index (χ4n) is 4.40. The molecule has 1 aromatic heterocycles. The molecule has 9 heteroatoms. The molecule has 1 aliphatic heterocycles. The second kappa shape index (κ2) is 11.6. The van der Waals surface area contributed by atoms with Crippen LogP contribution in [0.2, 0.25) is 10.0 Å². The van der Waals surface area contributed by atoms with E-state index in [1.165, 1.54) is 15.9 Å². The number of hydrogen-bond donors (Lipinski definition) is 0. The number of aromatic nitrogens is 1. The van der Waals surface area contributed by atoms with Gasteiger partial charge in [0.2, 0.25) is 0 Å². The minimum atomic E-state index is -0.763. The average molecular weight is 580 g/mol. The van der Waals surface area contributed by atoms with Crippen molar-refractivity contribution in [1.29, 1.82) is 0 Å². The van der Waals surface area contributed by atoms with Gasteiger partial charge in [-0.05, 0) is 55.3 Å². The number of fused-ring (bicyclic) bond motifs is 1. The van der Waals surface area contributed by atoms with E-state index in [1.54, 1.807) is 32.1 Å². The zero-order valence-corrected chi connectivity index (χ0v) is 23.5. The van der Waals surface area contributed by atoms with Gasteiger partial charge in [-0.15, -0.1) is 0 Å². The molecule has 0 saturated heterocycles. The molecule has 0 bridgehead atoms. The highest BCUT2D eigenvalue weighted by molar-refractivity contribution is 7.07. The predicted molar refractivity (Wildman–Crippen MR) is 154 cm³/mol. The number of esters is 1. The fraction of sp³-hybridized carbons (Fsp3) is 0.167. The Labute approximate surface area is 239 Å². The monoisotopic (exact) mass is 578 g/mol. The number of thiazole rings is 1. The highest BCUT2D eigenvalue weighted by atomic mass is 35.5. The van der Waals surface area contributed by atoms with E-state index in [0.29, 0.717) is 48.6 Å². The molecule has 3 aromatic carbocycles. The van der Waals surface area contributed by atoms with Crippen molar-refractivity contribution < 1.29 is 14.3 Å². The van der Waals surface area contributed by atoms with Crippen molar-refractivity contribution in [2.24, 2.45) is 4.99 Å². The van der Waals surface area contributed by atoms with Gasteiger partial charge in [0.15, 0.2) is 4.80 Å². The van der Waals surface area contributed by atoms with Gasteiger partial charge >= 0.3 is 5.97 Å². The summed E-state index contributed by atoms with van der Waals surface area (Å²) in [7, 11) is 0. The van der Waals surface area contributed by atoms with Crippen LogP contribution in [0.3, 0.4) is 0 Å². The van der Waals surface area contributed by atoms with Crippen molar-refractivity contribution in [3.63, 3.8) is 0 Å². The van der Waals surface area contributed by atoms with Crippen LogP contribution in [0.4, 0.5) is 0 Å². The van der Waals surface area contributed by atoms with Gasteiger partial charge in [-0.1, -0.05) is 83.1 Å². The lowest BCUT2D eigenvalue weighted by Crippen LogP contribution is -2.40. The zero-order valence-electron chi connectivity index (χ0n) is 21.2. The summed E-state index contributed by atoms with van der Waals surface area (Å²) in [5.41, 5.74) is 2.79. The van der Waals surface area contributed by atoms with Gasteiger partial charge < -0.3 is 9.47 Å². The van der Waals surface area contributed by atoms with Crippen molar-refractivity contribution in [2.45, 2.75) is 26.5 Å². The lowest BCUT2D eigenvalue weighted by molar-refractivity contribution is -0.139. The quantitative estimate of drug-likeness (QED) is 0.264. The van der Waals surface area contributed by atoms with Gasteiger partial charge in [-0.2, -0.15) is 0 Å². The van der Waals surface area contributed by atoms with Gasteiger partial charge in [-0.3, -0.25) is 9.36 Å². The molecule has 0 spiro atoms. The van der Waals surface area contributed by atoms with E-state index in [0.717, 1.165) is 11.1 Å². The third-order valence-electron chi connectivity index (χ3n) is 6.22. The first-order chi connectivity index (χ1) is 18.9. The van der Waals surface area contributed by atoms with E-state index >= 15 is 0 Å². The summed E-state index contributed by atoms with van der Waals surface area (Å²) in [5.74, 6) is 0.118. The number of carbonyl (C=O) groups is 1. The summed E-state index contributed by atoms with van der Waals surface area (Å²) in [5, 5.41) is 1.08. The summed E-state index contributed by atoms with van der Waals surface area (Å²) in [4.78, 5) is 31.9. The van der Waals surface area contributed by atoms with Gasteiger partial charge in [0.05, 0.1) is 22.4 Å². The maximum absolute atomic E-state index is 13.8. The molecule has 0 fully saturated rings. The number of ether oxygens (including phenoxy) is 2. The third kappa shape index (κ3) is 5.57. The lowest BCUT2D eigenvalue weighted by atomic mass is 9.96. The van der Waals surface area contributed by atoms with E-state index in [9.17, 15) is 9.59 Å². The van der Waals surface area contributed by atoms with Crippen molar-refractivity contribution in [3.05, 3.63) is 130 Å². The molecule has 0 N–H and O–H groups in total. The molecule has 1 unspecified atom stereocenters. The van der Waals surface area contributed by atoms with E-state index in [-0.39, 0.29) is 12.2 Å². The molecule has 1 aliphatic rings. The topological polar surface area (TPSA) is 69.9 Å². The molecule has 1 atom stereocenters. The Balaban J connectivity index is 1.56. The van der Waals surface area contributed by atoms with Gasteiger partial charge in [0.1, 0.15) is 18.4 Å². The molecular formula is C30H24Cl2N2O4S. The number of benzene rings is 3. The van der Waals surface area contributed by atoms with E-state index < -0.39 is 12.0 Å². The Bertz CT molecular complexity index is 1770. The van der Waals surface area contributed by atoms with E-state index in [1.807, 2.05) is 60.7 Å². The first kappa shape index (κ1) is 26.9. The molecule has 0 radical (unpaired) electrons. The normalized spacial score (nSPS) is 15.1. The number of rotatable bonds is 7. The fourth-order valence-corrected chi connectivity index (χ4v) is 5.88. The number of allylic oxidation sites excluding steroid dienone is 1. The van der Waals surface area contributed by atoms with Crippen molar-refractivity contribution in [3.8, 4) is 5.75 Å². The van der Waals surface area contributed by atoms with Gasteiger partial charge in [0.25, 0.3) is 5.56 Å². The Morgan fingerprint density at radius 1 is 1.05 bits per heavy atom. The van der Waals surface area contributed by atoms with Crippen LogP contribution in [-0.4, -0.2) is 17.1 Å². The molecule has 6 nitrogen and oxygen atoms in total. The largest absolute Gasteiger partial charge is 0.489 e. The first-order valence-corrected chi connectivity index (χ1v) is 13.8. The van der Waals surface area contributed by atoms with Crippen LogP contribution in [0, 0.1) is 0 Å². The van der Waals surface area contributed by atoms with E-state index in [2.05, 4.69) is 4.99 Å². The summed E-state index contributed by atoms with van der Waals surface area (Å²) in [6.07, 6.45) is 1.79. The molecular weight excluding hydrogens is 555 g/mol. The lowest BCUT2D eigenvalue weighted by Gasteiger charge is -2.25. The molecule has 4 aromatic rings. The van der Waals surface area contributed by atoms with Crippen LogP contribution >= 0.6 is 34.5 Å². The van der Waals surface area contributed by atoms with Gasteiger partial charge in [-0.25, -0.2) is 9.79 Å². The van der Waals surface area contributed by atoms with Crippen LogP contribution in [0.5, 0.6) is 5.75 Å². The molecule has 0 saturated carbocycles. The van der Waals surface area contributed by atoms with Crippen molar-refractivity contribution in [2.75, 3.05) is 6.61 Å². The second-order valence-corrected chi connectivity index (χ2v) is 10.6. The molecule has 0 aliphatic carbocycles. The summed E-state index contributed by atoms with van der Waals surface area (Å²) < 4.78 is 13.3. The maximum atomic E-state index is 13.8. The molecule has 0 amide bonds. The highest BCUT2D eigenvalue weighted by Gasteiger charge is 2.34. The average Bonchev–Trinajstić information content (AvgIpc) is 3.22. The molecule has 2 heterocycles. The van der Waals surface area contributed by atoms with Crippen molar-refractivity contribution >= 4 is 46.6 Å². The van der Waals surface area contributed by atoms with Crippen LogP contribution in [-0.2, 0) is 16.1 Å². The van der Waals surface area contributed by atoms with E-state index in [4.69, 9.17) is 32.7 Å². The maximum Gasteiger partial charge on any atom is 0.338 e. The molecule has 39 heavy (non-hydrogen) atoms. The summed E-state index contributed by atoms with van der Waals surface area (Å²) in [6, 6.07) is 21.4. The van der Waals surface area contributed by atoms with Crippen molar-refractivity contribution in [1.82, 2.24) is 4.57 Å². The number of carbonyl (C=O) groups excluding carboxylic acids is 1. The standard InChI is InChI=1S/C30H24Cl2N2O4S/c1-3-37-29(36)26-18(2)33-30-34(27(26)22-12-5-7-14-24(22)32)28(35)25(39-30)16-19-9-8-11-21(15-19)38-17-20-10-4-6-13-23(20)31/h4-16,27H,3,17H2,1-2H3/b25-16-. The minimum Gasteiger partial charge on any atom is -0.489 e. The Hall–Kier alpha value is -3.65. The summed E-state index contributed by atoms with van der Waals surface area (Å²) >= 11 is 14.1. The molecule has 5 rings (SSSR count). The smallest absolute Gasteiger partial charge is 0.338 e. The number of halogens is 2. The Morgan fingerprint density at radius 3 is 2.54 bits per heavy atom. The van der Waals surface area contributed by atoms with Crippen LogP contribution in [0.1, 0.15) is 36.6 Å². The van der Waals surface area contributed by atoms with Crippen LogP contribution in [0.15, 0.2) is 93.9 Å². The number of hydrogen-bond acceptors (Lipinski definition) is 6. The number of nitrogens with zero attached hydrogens (tertiary/aromatic N) is 2. The Kier molecular flexibility index (Phi) is 8.02. The van der Waals surface area contributed by atoms with Crippen LogP contribution in [0.25, 0.3) is 6.08 Å².